The Kier molecular flexibility index (Phi) is 4.70. The average Bonchev–Trinajstić information content (AvgIpc) is 2.35. The highest BCUT2D eigenvalue weighted by Gasteiger charge is 2.26. The first-order valence-corrected chi connectivity index (χ1v) is 6.03. The molecule has 1 aromatic rings. The van der Waals surface area contributed by atoms with Gasteiger partial charge in [0.1, 0.15) is 6.07 Å². The third kappa shape index (κ3) is 3.99. The minimum absolute atomic E-state index is 0.188. The Hall–Kier alpha value is -2.55. The number of carbonyl (C=O) groups is 2. The number of nitriles is 1. The first-order chi connectivity index (χ1) is 9.26. The summed E-state index contributed by atoms with van der Waals surface area (Å²) in [7, 11) is 1.53. The van der Waals surface area contributed by atoms with Crippen molar-refractivity contribution in [3.05, 3.63) is 29.8 Å². The van der Waals surface area contributed by atoms with E-state index in [-0.39, 0.29) is 6.42 Å². The van der Waals surface area contributed by atoms with Gasteiger partial charge >= 0.3 is 12.0 Å². The summed E-state index contributed by atoms with van der Waals surface area (Å²) >= 11 is 0. The Morgan fingerprint density at radius 1 is 1.40 bits per heavy atom. The predicted octanol–water partition coefficient (Wildman–Crippen LogP) is 1.96. The van der Waals surface area contributed by atoms with Crippen molar-refractivity contribution < 1.29 is 14.7 Å². The largest absolute Gasteiger partial charge is 0.481 e. The Morgan fingerprint density at radius 2 is 2.00 bits per heavy atom. The van der Waals surface area contributed by atoms with Crippen LogP contribution in [0, 0.1) is 11.3 Å². The SMILES string of the molecule is CN(C(=O)NC(C)(C)CC(=O)O)c1ccccc1C#N. The normalized spacial score (nSPS) is 10.5. The Balaban J connectivity index is 2.88. The van der Waals surface area contributed by atoms with Gasteiger partial charge in [0.25, 0.3) is 0 Å². The van der Waals surface area contributed by atoms with Crippen molar-refractivity contribution in [1.29, 1.82) is 5.26 Å². The number of benzene rings is 1. The summed E-state index contributed by atoms with van der Waals surface area (Å²) in [5.41, 5.74) is -0.0292. The number of nitrogens with zero attached hydrogens (tertiary/aromatic N) is 2. The van der Waals surface area contributed by atoms with Gasteiger partial charge in [0, 0.05) is 12.6 Å². The molecule has 0 unspecified atom stereocenters. The number of anilines is 1. The molecule has 0 heterocycles. The highest BCUT2D eigenvalue weighted by molar-refractivity contribution is 5.93. The lowest BCUT2D eigenvalue weighted by molar-refractivity contribution is -0.138. The van der Waals surface area contributed by atoms with E-state index in [0.717, 1.165) is 0 Å². The fraction of sp³-hybridized carbons (Fsp3) is 0.357. The molecule has 0 fully saturated rings. The summed E-state index contributed by atoms with van der Waals surface area (Å²) in [6, 6.07) is 8.25. The monoisotopic (exact) mass is 275 g/mol. The third-order valence-electron chi connectivity index (χ3n) is 2.73. The van der Waals surface area contributed by atoms with E-state index in [4.69, 9.17) is 10.4 Å². The maximum Gasteiger partial charge on any atom is 0.322 e. The van der Waals surface area contributed by atoms with E-state index in [1.807, 2.05) is 6.07 Å². The van der Waals surface area contributed by atoms with Gasteiger partial charge in [-0.2, -0.15) is 5.26 Å². The maximum absolute atomic E-state index is 12.1. The van der Waals surface area contributed by atoms with Crippen molar-refractivity contribution in [3.63, 3.8) is 0 Å². The van der Waals surface area contributed by atoms with E-state index >= 15 is 0 Å². The maximum atomic E-state index is 12.1. The fourth-order valence-electron chi connectivity index (χ4n) is 1.77. The zero-order valence-electron chi connectivity index (χ0n) is 11.7. The summed E-state index contributed by atoms with van der Waals surface area (Å²) in [6.45, 7) is 3.26. The number of amides is 2. The highest BCUT2D eigenvalue weighted by Crippen LogP contribution is 2.19. The van der Waals surface area contributed by atoms with E-state index in [2.05, 4.69) is 5.32 Å². The standard InChI is InChI=1S/C14H17N3O3/c1-14(2,8-12(18)19)16-13(20)17(3)11-7-5-4-6-10(11)9-15/h4-7H,8H2,1-3H3,(H,16,20)(H,18,19). The summed E-state index contributed by atoms with van der Waals surface area (Å²) in [4.78, 5) is 24.1. The predicted molar refractivity (Wildman–Crippen MR) is 74.4 cm³/mol. The third-order valence-corrected chi connectivity index (χ3v) is 2.73. The number of urea groups is 1. The van der Waals surface area contributed by atoms with Gasteiger partial charge < -0.3 is 10.4 Å². The van der Waals surface area contributed by atoms with Crippen LogP contribution in [0.25, 0.3) is 0 Å². The molecular weight excluding hydrogens is 258 g/mol. The van der Waals surface area contributed by atoms with Crippen molar-refractivity contribution in [3.8, 4) is 6.07 Å². The van der Waals surface area contributed by atoms with Crippen LogP contribution >= 0.6 is 0 Å². The van der Waals surface area contributed by atoms with Crippen molar-refractivity contribution in [2.75, 3.05) is 11.9 Å². The molecule has 0 aliphatic carbocycles. The van der Waals surface area contributed by atoms with Crippen molar-refractivity contribution in [2.24, 2.45) is 0 Å². The second-order valence-corrected chi connectivity index (χ2v) is 5.07. The molecular formula is C14H17N3O3. The zero-order chi connectivity index (χ0) is 15.3. The Morgan fingerprint density at radius 3 is 2.55 bits per heavy atom. The molecule has 0 aliphatic heterocycles. The smallest absolute Gasteiger partial charge is 0.322 e. The Bertz CT molecular complexity index is 561. The number of carbonyl (C=O) groups excluding carboxylic acids is 1. The number of hydrogen-bond donors (Lipinski definition) is 2. The van der Waals surface area contributed by atoms with Gasteiger partial charge in [-0.05, 0) is 26.0 Å². The summed E-state index contributed by atoms with van der Waals surface area (Å²) in [5.74, 6) is -0.990. The lowest BCUT2D eigenvalue weighted by Crippen LogP contribution is -2.50. The van der Waals surface area contributed by atoms with Crippen molar-refractivity contribution >= 4 is 17.7 Å². The molecule has 106 valence electrons. The Labute approximate surface area is 117 Å². The van der Waals surface area contributed by atoms with Gasteiger partial charge in [0.05, 0.1) is 17.7 Å². The molecule has 0 aromatic heterocycles. The van der Waals surface area contributed by atoms with Crippen LogP contribution in [-0.2, 0) is 4.79 Å². The molecule has 1 aromatic carbocycles. The molecule has 6 nitrogen and oxygen atoms in total. The molecule has 0 saturated carbocycles. The van der Waals surface area contributed by atoms with Crippen LogP contribution in [0.2, 0.25) is 0 Å². The van der Waals surface area contributed by atoms with Crippen LogP contribution in [0.1, 0.15) is 25.8 Å². The average molecular weight is 275 g/mol. The van der Waals surface area contributed by atoms with Crippen LogP contribution in [0.3, 0.4) is 0 Å². The molecule has 0 atom stereocenters. The van der Waals surface area contributed by atoms with E-state index < -0.39 is 17.5 Å². The first-order valence-electron chi connectivity index (χ1n) is 6.03. The number of hydrogen-bond acceptors (Lipinski definition) is 3. The topological polar surface area (TPSA) is 93.4 Å². The lowest BCUT2D eigenvalue weighted by Gasteiger charge is -2.28. The van der Waals surface area contributed by atoms with Crippen LogP contribution in [0.5, 0.6) is 0 Å². The molecule has 1 rings (SSSR count). The quantitative estimate of drug-likeness (QED) is 0.878. The van der Waals surface area contributed by atoms with E-state index in [1.165, 1.54) is 11.9 Å². The van der Waals surface area contributed by atoms with Crippen molar-refractivity contribution in [2.45, 2.75) is 25.8 Å². The van der Waals surface area contributed by atoms with Crippen LogP contribution in [0.15, 0.2) is 24.3 Å². The van der Waals surface area contributed by atoms with Crippen LogP contribution < -0.4 is 10.2 Å². The number of nitrogens with one attached hydrogen (secondary N) is 1. The minimum atomic E-state index is -0.990. The molecule has 6 heteroatoms. The number of carboxylic acid groups (broad SMARTS) is 1. The molecule has 0 bridgehead atoms. The van der Waals surface area contributed by atoms with Crippen LogP contribution in [-0.4, -0.2) is 29.7 Å². The second-order valence-electron chi connectivity index (χ2n) is 5.07. The number of rotatable bonds is 4. The number of aliphatic carboxylic acids is 1. The summed E-state index contributed by atoms with van der Waals surface area (Å²) in [6.07, 6.45) is -0.188. The molecule has 2 amide bonds. The molecule has 0 aliphatic rings. The molecule has 0 saturated heterocycles. The van der Waals surface area contributed by atoms with Gasteiger partial charge in [-0.1, -0.05) is 12.1 Å². The molecule has 2 N–H and O–H groups in total. The van der Waals surface area contributed by atoms with Crippen LogP contribution in [0.4, 0.5) is 10.5 Å². The van der Waals surface area contributed by atoms with E-state index in [9.17, 15) is 9.59 Å². The molecule has 0 spiro atoms. The van der Waals surface area contributed by atoms with Gasteiger partial charge in [-0.25, -0.2) is 4.79 Å². The second kappa shape index (κ2) is 6.06. The van der Waals surface area contributed by atoms with Gasteiger partial charge in [0.2, 0.25) is 0 Å². The van der Waals surface area contributed by atoms with Gasteiger partial charge in [-0.3, -0.25) is 9.69 Å². The van der Waals surface area contributed by atoms with E-state index in [0.29, 0.717) is 11.3 Å². The molecule has 0 radical (unpaired) electrons. The number of carboxylic acids is 1. The van der Waals surface area contributed by atoms with Gasteiger partial charge in [-0.15, -0.1) is 0 Å². The summed E-state index contributed by atoms with van der Waals surface area (Å²) < 4.78 is 0. The first kappa shape index (κ1) is 15.5. The highest BCUT2D eigenvalue weighted by atomic mass is 16.4. The summed E-state index contributed by atoms with van der Waals surface area (Å²) in [5, 5.41) is 20.4. The fourth-order valence-corrected chi connectivity index (χ4v) is 1.77. The number of para-hydroxylation sites is 1. The lowest BCUT2D eigenvalue weighted by atomic mass is 10.0. The van der Waals surface area contributed by atoms with Gasteiger partial charge in [0.15, 0.2) is 0 Å². The van der Waals surface area contributed by atoms with E-state index in [1.54, 1.807) is 38.1 Å². The van der Waals surface area contributed by atoms with Crippen molar-refractivity contribution in [1.82, 2.24) is 5.32 Å². The minimum Gasteiger partial charge on any atom is -0.481 e. The molecule has 20 heavy (non-hydrogen) atoms. The zero-order valence-corrected chi connectivity index (χ0v) is 11.7.